The van der Waals surface area contributed by atoms with Crippen LogP contribution in [-0.2, 0) is 4.79 Å². The molecule has 0 saturated carbocycles. The summed E-state index contributed by atoms with van der Waals surface area (Å²) in [4.78, 5) is 11.5. The Morgan fingerprint density at radius 1 is 1.40 bits per heavy atom. The lowest BCUT2D eigenvalue weighted by Gasteiger charge is -2.26. The summed E-state index contributed by atoms with van der Waals surface area (Å²) >= 11 is 0. The summed E-state index contributed by atoms with van der Waals surface area (Å²) in [5.74, 6) is 0.272. The van der Waals surface area contributed by atoms with Crippen molar-refractivity contribution >= 4 is 5.91 Å². The van der Waals surface area contributed by atoms with Gasteiger partial charge >= 0.3 is 0 Å². The summed E-state index contributed by atoms with van der Waals surface area (Å²) in [6.45, 7) is 10.7. The van der Waals surface area contributed by atoms with Crippen molar-refractivity contribution in [1.29, 1.82) is 5.26 Å². The van der Waals surface area contributed by atoms with Crippen molar-refractivity contribution in [3.05, 3.63) is 0 Å². The molecule has 0 bridgehead atoms. The number of amides is 1. The highest BCUT2D eigenvalue weighted by atomic mass is 16.1. The highest BCUT2D eigenvalue weighted by Crippen LogP contribution is 2.27. The second kappa shape index (κ2) is 5.75. The molecule has 0 aliphatic carbocycles. The van der Waals surface area contributed by atoms with Gasteiger partial charge in [0.05, 0.1) is 12.0 Å². The number of carbonyl (C=O) groups excluding carboxylic acids is 1. The van der Waals surface area contributed by atoms with Crippen molar-refractivity contribution < 1.29 is 4.79 Å². The largest absolute Gasteiger partial charge is 0.355 e. The normalized spacial score (nSPS) is 15.2. The Bertz CT molecular complexity index is 247. The van der Waals surface area contributed by atoms with Crippen LogP contribution in [0.5, 0.6) is 0 Å². The first kappa shape index (κ1) is 14.0. The summed E-state index contributed by atoms with van der Waals surface area (Å²) < 4.78 is 0. The molecule has 1 N–H and O–H groups in total. The van der Waals surface area contributed by atoms with Crippen molar-refractivity contribution in [3.63, 3.8) is 0 Å². The summed E-state index contributed by atoms with van der Waals surface area (Å²) in [7, 11) is 0. The highest BCUT2D eigenvalue weighted by molar-refractivity contribution is 5.76. The first-order chi connectivity index (χ1) is 6.77. The Morgan fingerprint density at radius 3 is 2.33 bits per heavy atom. The number of hydrogen-bond donors (Lipinski definition) is 1. The molecule has 0 radical (unpaired) electrons. The van der Waals surface area contributed by atoms with E-state index in [0.717, 1.165) is 0 Å². The predicted octanol–water partition coefficient (Wildman–Crippen LogP) is 2.33. The Labute approximate surface area is 92.9 Å². The third-order valence-electron chi connectivity index (χ3n) is 2.80. The van der Waals surface area contributed by atoms with E-state index in [1.165, 1.54) is 0 Å². The molecule has 2 atom stereocenters. The molecule has 3 nitrogen and oxygen atoms in total. The molecule has 0 aromatic heterocycles. The standard InChI is InChI=1S/C12H22N2O/c1-9(7-13)8-14-11(15)6-10(2)12(3,4)5/h9-10H,6,8H2,1-5H3,(H,14,15). The van der Waals surface area contributed by atoms with E-state index in [0.29, 0.717) is 18.9 Å². The fourth-order valence-electron chi connectivity index (χ4n) is 0.969. The van der Waals surface area contributed by atoms with E-state index in [4.69, 9.17) is 5.26 Å². The monoisotopic (exact) mass is 210 g/mol. The Morgan fingerprint density at radius 2 is 1.93 bits per heavy atom. The third-order valence-corrected chi connectivity index (χ3v) is 2.80. The predicted molar refractivity (Wildman–Crippen MR) is 61.0 cm³/mol. The topological polar surface area (TPSA) is 52.9 Å². The van der Waals surface area contributed by atoms with Crippen molar-refractivity contribution in [2.45, 2.75) is 41.0 Å². The Balaban J connectivity index is 3.91. The molecule has 0 aromatic rings. The van der Waals surface area contributed by atoms with E-state index in [-0.39, 0.29) is 17.2 Å². The fourth-order valence-corrected chi connectivity index (χ4v) is 0.969. The van der Waals surface area contributed by atoms with Crippen molar-refractivity contribution in [2.75, 3.05) is 6.54 Å². The molecule has 0 aliphatic heterocycles. The van der Waals surface area contributed by atoms with E-state index in [2.05, 4.69) is 39.1 Å². The average Bonchev–Trinajstić information content (AvgIpc) is 2.12. The minimum absolute atomic E-state index is 0.0412. The van der Waals surface area contributed by atoms with Gasteiger partial charge in [-0.2, -0.15) is 5.26 Å². The maximum absolute atomic E-state index is 11.5. The van der Waals surface area contributed by atoms with Crippen LogP contribution in [0.4, 0.5) is 0 Å². The maximum Gasteiger partial charge on any atom is 0.220 e. The minimum Gasteiger partial charge on any atom is -0.355 e. The molecule has 0 saturated heterocycles. The lowest BCUT2D eigenvalue weighted by atomic mass is 9.80. The number of nitrogens with one attached hydrogen (secondary N) is 1. The maximum atomic E-state index is 11.5. The van der Waals surface area contributed by atoms with Gasteiger partial charge in [0.25, 0.3) is 0 Å². The smallest absolute Gasteiger partial charge is 0.220 e. The van der Waals surface area contributed by atoms with Crippen LogP contribution in [-0.4, -0.2) is 12.5 Å². The van der Waals surface area contributed by atoms with Crippen LogP contribution in [0.25, 0.3) is 0 Å². The molecule has 0 rings (SSSR count). The molecule has 3 heteroatoms. The molecule has 2 unspecified atom stereocenters. The molecule has 0 spiro atoms. The molecule has 0 heterocycles. The van der Waals surface area contributed by atoms with E-state index < -0.39 is 0 Å². The van der Waals surface area contributed by atoms with Gasteiger partial charge < -0.3 is 5.32 Å². The van der Waals surface area contributed by atoms with Crippen LogP contribution >= 0.6 is 0 Å². The number of rotatable bonds is 4. The van der Waals surface area contributed by atoms with Gasteiger partial charge in [-0.1, -0.05) is 27.7 Å². The third kappa shape index (κ3) is 6.11. The van der Waals surface area contributed by atoms with Crippen LogP contribution in [0, 0.1) is 28.6 Å². The summed E-state index contributed by atoms with van der Waals surface area (Å²) in [6, 6.07) is 2.09. The van der Waals surface area contributed by atoms with Crippen LogP contribution < -0.4 is 5.32 Å². The zero-order valence-electron chi connectivity index (χ0n) is 10.4. The molecule has 0 aliphatic rings. The van der Waals surface area contributed by atoms with Crippen LogP contribution in [0.15, 0.2) is 0 Å². The fraction of sp³-hybridized carbons (Fsp3) is 0.833. The minimum atomic E-state index is -0.112. The molecular weight excluding hydrogens is 188 g/mol. The summed E-state index contributed by atoms with van der Waals surface area (Å²) in [5, 5.41) is 11.3. The van der Waals surface area contributed by atoms with Gasteiger partial charge in [0, 0.05) is 13.0 Å². The average molecular weight is 210 g/mol. The Hall–Kier alpha value is -1.04. The molecule has 0 fully saturated rings. The van der Waals surface area contributed by atoms with E-state index >= 15 is 0 Å². The lowest BCUT2D eigenvalue weighted by molar-refractivity contribution is -0.122. The second-order valence-corrected chi connectivity index (χ2v) is 5.31. The van der Waals surface area contributed by atoms with Gasteiger partial charge in [-0.15, -0.1) is 0 Å². The van der Waals surface area contributed by atoms with Crippen LogP contribution in [0.3, 0.4) is 0 Å². The van der Waals surface area contributed by atoms with Gasteiger partial charge in [0.15, 0.2) is 0 Å². The van der Waals surface area contributed by atoms with Gasteiger partial charge in [-0.3, -0.25) is 4.79 Å². The second-order valence-electron chi connectivity index (χ2n) is 5.31. The first-order valence-electron chi connectivity index (χ1n) is 5.43. The number of carbonyl (C=O) groups is 1. The molecule has 1 amide bonds. The highest BCUT2D eigenvalue weighted by Gasteiger charge is 2.22. The molecule has 0 aromatic carbocycles. The van der Waals surface area contributed by atoms with Gasteiger partial charge in [-0.05, 0) is 18.3 Å². The van der Waals surface area contributed by atoms with Crippen molar-refractivity contribution in [1.82, 2.24) is 5.32 Å². The molecule has 15 heavy (non-hydrogen) atoms. The van der Waals surface area contributed by atoms with E-state index in [9.17, 15) is 4.79 Å². The number of nitriles is 1. The molecule has 86 valence electrons. The van der Waals surface area contributed by atoms with Crippen LogP contribution in [0.2, 0.25) is 0 Å². The molecular formula is C12H22N2O. The lowest BCUT2D eigenvalue weighted by Crippen LogP contribution is -2.31. The zero-order valence-corrected chi connectivity index (χ0v) is 10.4. The van der Waals surface area contributed by atoms with Gasteiger partial charge in [-0.25, -0.2) is 0 Å². The SMILES string of the molecule is CC(C#N)CNC(=O)CC(C)C(C)(C)C. The summed E-state index contributed by atoms with van der Waals surface area (Å²) in [6.07, 6.45) is 0.529. The zero-order chi connectivity index (χ0) is 12.1. The van der Waals surface area contributed by atoms with Gasteiger partial charge in [0.1, 0.15) is 0 Å². The summed E-state index contributed by atoms with van der Waals surface area (Å²) in [5.41, 5.74) is 0.151. The first-order valence-corrected chi connectivity index (χ1v) is 5.43. The van der Waals surface area contributed by atoms with E-state index in [1.807, 2.05) is 0 Å². The quantitative estimate of drug-likeness (QED) is 0.774. The van der Waals surface area contributed by atoms with Crippen molar-refractivity contribution in [2.24, 2.45) is 17.3 Å². The van der Waals surface area contributed by atoms with Gasteiger partial charge in [0.2, 0.25) is 5.91 Å². The number of nitrogens with zero attached hydrogens (tertiary/aromatic N) is 1. The van der Waals surface area contributed by atoms with E-state index in [1.54, 1.807) is 6.92 Å². The number of hydrogen-bond acceptors (Lipinski definition) is 2. The van der Waals surface area contributed by atoms with Crippen molar-refractivity contribution in [3.8, 4) is 6.07 Å². The van der Waals surface area contributed by atoms with Crippen LogP contribution in [0.1, 0.15) is 41.0 Å². The Kier molecular flexibility index (Phi) is 5.35.